The third kappa shape index (κ3) is 4.52. The second kappa shape index (κ2) is 9.10. The molecule has 32 heavy (non-hydrogen) atoms. The summed E-state index contributed by atoms with van der Waals surface area (Å²) in [5.74, 6) is 1.30. The van der Waals surface area contributed by atoms with Crippen LogP contribution in [0.1, 0.15) is 25.7 Å². The van der Waals surface area contributed by atoms with Crippen molar-refractivity contribution in [2.45, 2.75) is 37.8 Å². The number of hydrogen-bond acceptors (Lipinski definition) is 7. The van der Waals surface area contributed by atoms with Gasteiger partial charge in [-0.15, -0.1) is 0 Å². The predicted octanol–water partition coefficient (Wildman–Crippen LogP) is 3.71. The van der Waals surface area contributed by atoms with E-state index in [4.69, 9.17) is 16.3 Å². The molecule has 9 nitrogen and oxygen atoms in total. The second-order valence-corrected chi connectivity index (χ2v) is 8.53. The van der Waals surface area contributed by atoms with Gasteiger partial charge in [-0.05, 0) is 37.8 Å². The van der Waals surface area contributed by atoms with Crippen molar-refractivity contribution >= 4 is 34.0 Å². The van der Waals surface area contributed by atoms with Crippen molar-refractivity contribution in [3.05, 3.63) is 42.0 Å². The van der Waals surface area contributed by atoms with Crippen LogP contribution in [0.15, 0.2) is 30.6 Å². The standard InChI is InChI=1S/C23H28N8O/c1-24-17-5-8-21-20(13-17)22(29-23(28-21)27-18-14-25-30(2)15-18)26-16-3-6-19(7-4-16)31-9-11-32-12-10-31/h5,8,13-16,19H,3-4,6-7,9-12H2,2H3,(H2,26,27,28,29). The Morgan fingerprint density at radius 1 is 1.12 bits per heavy atom. The first-order valence-electron chi connectivity index (χ1n) is 11.2. The number of anilines is 3. The zero-order valence-electron chi connectivity index (χ0n) is 18.3. The molecule has 0 unspecified atom stereocenters. The Morgan fingerprint density at radius 3 is 2.66 bits per heavy atom. The number of rotatable bonds is 5. The van der Waals surface area contributed by atoms with Crippen molar-refractivity contribution in [3.8, 4) is 0 Å². The molecule has 3 heterocycles. The SMILES string of the molecule is [C-]#[N+]c1ccc2nc(Nc3cnn(C)c3)nc(NC3CCC(N4CCOCC4)CC3)c2c1. The van der Waals surface area contributed by atoms with E-state index < -0.39 is 0 Å². The predicted molar refractivity (Wildman–Crippen MR) is 124 cm³/mol. The first kappa shape index (κ1) is 20.7. The zero-order valence-corrected chi connectivity index (χ0v) is 18.3. The molecule has 2 aliphatic rings. The van der Waals surface area contributed by atoms with E-state index in [2.05, 4.69) is 30.5 Å². The first-order valence-corrected chi connectivity index (χ1v) is 11.2. The lowest BCUT2D eigenvalue weighted by molar-refractivity contribution is 0.00791. The van der Waals surface area contributed by atoms with Gasteiger partial charge in [0.2, 0.25) is 5.95 Å². The molecule has 2 N–H and O–H groups in total. The Kier molecular flexibility index (Phi) is 5.88. The molecule has 5 rings (SSSR count). The number of hydrogen-bond donors (Lipinski definition) is 2. The van der Waals surface area contributed by atoms with E-state index in [0.29, 0.717) is 23.7 Å². The van der Waals surface area contributed by atoms with Crippen molar-refractivity contribution in [1.29, 1.82) is 0 Å². The average molecular weight is 433 g/mol. The summed E-state index contributed by atoms with van der Waals surface area (Å²) in [6.45, 7) is 11.2. The lowest BCUT2D eigenvalue weighted by atomic mass is 9.90. The molecule has 3 aromatic rings. The topological polar surface area (TPSA) is 84.5 Å². The van der Waals surface area contributed by atoms with Gasteiger partial charge in [0.25, 0.3) is 0 Å². The summed E-state index contributed by atoms with van der Waals surface area (Å²) in [6.07, 6.45) is 8.18. The van der Waals surface area contributed by atoms with Crippen LogP contribution in [0.4, 0.5) is 23.1 Å². The molecule has 0 bridgehead atoms. The van der Waals surface area contributed by atoms with Gasteiger partial charge in [-0.25, -0.2) is 9.83 Å². The Labute approximate surface area is 187 Å². The maximum Gasteiger partial charge on any atom is 0.229 e. The number of aromatic nitrogens is 4. The van der Waals surface area contributed by atoms with Crippen molar-refractivity contribution in [1.82, 2.24) is 24.6 Å². The molecule has 0 amide bonds. The molecule has 2 aromatic heterocycles. The number of nitrogens with one attached hydrogen (secondary N) is 2. The number of benzene rings is 1. The lowest BCUT2D eigenvalue weighted by Gasteiger charge is -2.39. The molecule has 9 heteroatoms. The van der Waals surface area contributed by atoms with Gasteiger partial charge in [0, 0.05) is 43.8 Å². The largest absolute Gasteiger partial charge is 0.379 e. The van der Waals surface area contributed by atoms with E-state index in [1.807, 2.05) is 25.4 Å². The fourth-order valence-electron chi connectivity index (χ4n) is 4.69. The van der Waals surface area contributed by atoms with Crippen molar-refractivity contribution in [2.75, 3.05) is 36.9 Å². The van der Waals surface area contributed by atoms with Crippen molar-refractivity contribution in [3.63, 3.8) is 0 Å². The highest BCUT2D eigenvalue weighted by Gasteiger charge is 2.27. The monoisotopic (exact) mass is 432 g/mol. The minimum atomic E-state index is 0.355. The van der Waals surface area contributed by atoms with Gasteiger partial charge >= 0.3 is 0 Å². The van der Waals surface area contributed by atoms with Crippen LogP contribution in [0.5, 0.6) is 0 Å². The highest BCUT2D eigenvalue weighted by atomic mass is 16.5. The third-order valence-corrected chi connectivity index (χ3v) is 6.37. The van der Waals surface area contributed by atoms with E-state index in [1.54, 1.807) is 16.9 Å². The Bertz CT molecular complexity index is 1120. The summed E-state index contributed by atoms with van der Waals surface area (Å²) in [5, 5.41) is 12.0. The summed E-state index contributed by atoms with van der Waals surface area (Å²) >= 11 is 0. The molecule has 0 spiro atoms. The van der Waals surface area contributed by atoms with Gasteiger partial charge in [-0.1, -0.05) is 6.07 Å². The van der Waals surface area contributed by atoms with Crippen LogP contribution in [-0.2, 0) is 11.8 Å². The van der Waals surface area contributed by atoms with Crippen LogP contribution < -0.4 is 10.6 Å². The summed E-state index contributed by atoms with van der Waals surface area (Å²) in [7, 11) is 1.87. The summed E-state index contributed by atoms with van der Waals surface area (Å²) in [5.41, 5.74) is 2.23. The summed E-state index contributed by atoms with van der Waals surface area (Å²) < 4.78 is 7.24. The second-order valence-electron chi connectivity index (χ2n) is 8.53. The zero-order chi connectivity index (χ0) is 21.9. The third-order valence-electron chi connectivity index (χ3n) is 6.37. The van der Waals surface area contributed by atoms with Crippen molar-refractivity contribution < 1.29 is 4.74 Å². The lowest BCUT2D eigenvalue weighted by Crippen LogP contribution is -2.46. The van der Waals surface area contributed by atoms with Gasteiger partial charge in [0.05, 0.1) is 37.2 Å². The molecule has 1 aromatic carbocycles. The van der Waals surface area contributed by atoms with Crippen LogP contribution in [-0.4, -0.2) is 63.0 Å². The molecule has 1 saturated carbocycles. The Balaban J connectivity index is 1.36. The van der Waals surface area contributed by atoms with Crippen LogP contribution in [0.2, 0.25) is 0 Å². The van der Waals surface area contributed by atoms with Crippen LogP contribution >= 0.6 is 0 Å². The molecule has 0 atom stereocenters. The normalized spacial score (nSPS) is 21.9. The van der Waals surface area contributed by atoms with E-state index in [1.165, 1.54) is 12.8 Å². The van der Waals surface area contributed by atoms with E-state index in [0.717, 1.165) is 61.6 Å². The maximum absolute atomic E-state index is 7.38. The number of morpholine rings is 1. The summed E-state index contributed by atoms with van der Waals surface area (Å²) in [6, 6.07) is 6.56. The molecule has 166 valence electrons. The van der Waals surface area contributed by atoms with Crippen LogP contribution in [0, 0.1) is 6.57 Å². The van der Waals surface area contributed by atoms with E-state index in [-0.39, 0.29) is 0 Å². The quantitative estimate of drug-likeness (QED) is 0.595. The van der Waals surface area contributed by atoms with Crippen molar-refractivity contribution in [2.24, 2.45) is 7.05 Å². The minimum absolute atomic E-state index is 0.355. The van der Waals surface area contributed by atoms with Gasteiger partial charge in [-0.2, -0.15) is 10.1 Å². The fourth-order valence-corrected chi connectivity index (χ4v) is 4.69. The number of ether oxygens (including phenoxy) is 1. The smallest absolute Gasteiger partial charge is 0.229 e. The molecule has 1 aliphatic carbocycles. The number of nitrogens with zero attached hydrogens (tertiary/aromatic N) is 6. The number of aryl methyl sites for hydroxylation is 1. The summed E-state index contributed by atoms with van der Waals surface area (Å²) in [4.78, 5) is 15.6. The van der Waals surface area contributed by atoms with Gasteiger partial charge < -0.3 is 15.4 Å². The van der Waals surface area contributed by atoms with E-state index >= 15 is 0 Å². The minimum Gasteiger partial charge on any atom is -0.379 e. The average Bonchev–Trinajstić information content (AvgIpc) is 3.24. The highest BCUT2D eigenvalue weighted by Crippen LogP contribution is 2.31. The highest BCUT2D eigenvalue weighted by molar-refractivity contribution is 5.93. The molecule has 2 fully saturated rings. The van der Waals surface area contributed by atoms with Gasteiger partial charge in [0.15, 0.2) is 5.69 Å². The van der Waals surface area contributed by atoms with Crippen LogP contribution in [0.3, 0.4) is 0 Å². The Hall–Kier alpha value is -3.22. The number of fused-ring (bicyclic) bond motifs is 1. The molecule has 1 aliphatic heterocycles. The molecular weight excluding hydrogens is 404 g/mol. The Morgan fingerprint density at radius 2 is 1.94 bits per heavy atom. The molecule has 0 radical (unpaired) electrons. The van der Waals surface area contributed by atoms with Gasteiger partial charge in [-0.3, -0.25) is 9.58 Å². The molecular formula is C23H28N8O. The fraction of sp³-hybridized carbons (Fsp3) is 0.478. The molecule has 1 saturated heterocycles. The van der Waals surface area contributed by atoms with Gasteiger partial charge in [0.1, 0.15) is 5.82 Å². The van der Waals surface area contributed by atoms with E-state index in [9.17, 15) is 0 Å². The first-order chi connectivity index (χ1) is 15.7. The maximum atomic E-state index is 7.38. The van der Waals surface area contributed by atoms with Crippen LogP contribution in [0.25, 0.3) is 15.7 Å².